The second-order valence-electron chi connectivity index (χ2n) is 4.70. The summed E-state index contributed by atoms with van der Waals surface area (Å²) in [5.41, 5.74) is 0.553. The van der Waals surface area contributed by atoms with Crippen molar-refractivity contribution >= 4 is 11.8 Å². The van der Waals surface area contributed by atoms with Crippen molar-refractivity contribution in [2.24, 2.45) is 0 Å². The molecule has 1 rings (SSSR count). The highest BCUT2D eigenvalue weighted by atomic mass is 16.5. The molecule has 0 fully saturated rings. The molecule has 4 heteroatoms. The fourth-order valence-corrected chi connectivity index (χ4v) is 1.93. The normalized spacial score (nSPS) is 12.0. The Morgan fingerprint density at radius 3 is 2.79 bits per heavy atom. The Morgan fingerprint density at radius 2 is 2.21 bits per heavy atom. The van der Waals surface area contributed by atoms with E-state index in [4.69, 9.17) is 4.74 Å². The van der Waals surface area contributed by atoms with Crippen LogP contribution in [0.25, 0.3) is 0 Å². The number of nitrogens with zero attached hydrogens (tertiary/aromatic N) is 2. The predicted molar refractivity (Wildman–Crippen MR) is 77.6 cm³/mol. The summed E-state index contributed by atoms with van der Waals surface area (Å²) >= 11 is 0. The topological polar surface area (TPSA) is 42.4 Å². The standard InChI is InChI=1S/C15H24N2O2/c1-5-7-10-17(12(3)6-2)14-11-13(8-9-16-14)15(18)19-4/h8-9,11-12H,5-7,10H2,1-4H3. The molecule has 0 radical (unpaired) electrons. The summed E-state index contributed by atoms with van der Waals surface area (Å²) in [6, 6.07) is 3.91. The van der Waals surface area contributed by atoms with Gasteiger partial charge in [-0.15, -0.1) is 0 Å². The number of methoxy groups -OCH3 is 1. The summed E-state index contributed by atoms with van der Waals surface area (Å²) in [6.45, 7) is 7.48. The fraction of sp³-hybridized carbons (Fsp3) is 0.600. The lowest BCUT2D eigenvalue weighted by molar-refractivity contribution is 0.0600. The minimum absolute atomic E-state index is 0.316. The van der Waals surface area contributed by atoms with Gasteiger partial charge in [-0.1, -0.05) is 20.3 Å². The van der Waals surface area contributed by atoms with Gasteiger partial charge in [-0.3, -0.25) is 0 Å². The first-order chi connectivity index (χ1) is 9.13. The average Bonchev–Trinajstić information content (AvgIpc) is 2.46. The predicted octanol–water partition coefficient (Wildman–Crippen LogP) is 3.27. The number of esters is 1. The van der Waals surface area contributed by atoms with Gasteiger partial charge in [-0.25, -0.2) is 9.78 Å². The molecule has 0 amide bonds. The van der Waals surface area contributed by atoms with Crippen molar-refractivity contribution in [3.8, 4) is 0 Å². The number of hydrogen-bond donors (Lipinski definition) is 0. The van der Waals surface area contributed by atoms with Crippen molar-refractivity contribution in [3.05, 3.63) is 23.9 Å². The Balaban J connectivity index is 2.97. The van der Waals surface area contributed by atoms with Crippen LogP contribution in [-0.4, -0.2) is 30.6 Å². The number of aromatic nitrogens is 1. The maximum Gasteiger partial charge on any atom is 0.338 e. The van der Waals surface area contributed by atoms with E-state index >= 15 is 0 Å². The van der Waals surface area contributed by atoms with Gasteiger partial charge in [0.2, 0.25) is 0 Å². The Bertz CT molecular complexity index is 407. The molecular weight excluding hydrogens is 240 g/mol. The van der Waals surface area contributed by atoms with Crippen LogP contribution >= 0.6 is 0 Å². The monoisotopic (exact) mass is 264 g/mol. The summed E-state index contributed by atoms with van der Waals surface area (Å²) in [6.07, 6.45) is 4.98. The molecule has 1 unspecified atom stereocenters. The highest BCUT2D eigenvalue weighted by Crippen LogP contribution is 2.18. The second-order valence-corrected chi connectivity index (χ2v) is 4.70. The lowest BCUT2D eigenvalue weighted by atomic mass is 10.1. The second kappa shape index (κ2) is 7.77. The van der Waals surface area contributed by atoms with E-state index in [2.05, 4.69) is 30.7 Å². The molecule has 1 aromatic heterocycles. The maximum absolute atomic E-state index is 11.6. The van der Waals surface area contributed by atoms with Gasteiger partial charge >= 0.3 is 5.97 Å². The summed E-state index contributed by atoms with van der Waals surface area (Å²) in [5.74, 6) is 0.536. The van der Waals surface area contributed by atoms with Crippen molar-refractivity contribution in [1.29, 1.82) is 0 Å². The van der Waals surface area contributed by atoms with E-state index in [1.165, 1.54) is 7.11 Å². The van der Waals surface area contributed by atoms with E-state index in [0.29, 0.717) is 11.6 Å². The Labute approximate surface area is 115 Å². The highest BCUT2D eigenvalue weighted by molar-refractivity contribution is 5.90. The largest absolute Gasteiger partial charge is 0.465 e. The van der Waals surface area contributed by atoms with Crippen molar-refractivity contribution in [2.45, 2.75) is 46.1 Å². The van der Waals surface area contributed by atoms with E-state index in [-0.39, 0.29) is 5.97 Å². The van der Waals surface area contributed by atoms with Crippen LogP contribution in [-0.2, 0) is 4.74 Å². The van der Waals surface area contributed by atoms with Crippen LogP contribution in [0.5, 0.6) is 0 Å². The molecular formula is C15H24N2O2. The summed E-state index contributed by atoms with van der Waals surface area (Å²) in [5, 5.41) is 0. The third-order valence-electron chi connectivity index (χ3n) is 3.34. The first-order valence-corrected chi connectivity index (χ1v) is 6.95. The number of unbranched alkanes of at least 4 members (excludes halogenated alkanes) is 1. The number of ether oxygens (including phenoxy) is 1. The molecule has 0 aliphatic rings. The molecule has 0 saturated carbocycles. The van der Waals surface area contributed by atoms with Gasteiger partial charge in [0.15, 0.2) is 0 Å². The lowest BCUT2D eigenvalue weighted by Gasteiger charge is -2.29. The molecule has 0 aliphatic heterocycles. The lowest BCUT2D eigenvalue weighted by Crippen LogP contribution is -2.34. The molecule has 0 N–H and O–H groups in total. The Kier molecular flexibility index (Phi) is 6.33. The van der Waals surface area contributed by atoms with Gasteiger partial charge in [-0.05, 0) is 31.9 Å². The van der Waals surface area contributed by atoms with Crippen molar-refractivity contribution < 1.29 is 9.53 Å². The van der Waals surface area contributed by atoms with Crippen LogP contribution in [0.1, 0.15) is 50.4 Å². The summed E-state index contributed by atoms with van der Waals surface area (Å²) < 4.78 is 4.75. The number of carbonyl (C=O) groups excluding carboxylic acids is 1. The molecule has 0 aliphatic carbocycles. The molecule has 19 heavy (non-hydrogen) atoms. The Hall–Kier alpha value is -1.58. The molecule has 0 saturated heterocycles. The minimum Gasteiger partial charge on any atom is -0.465 e. The summed E-state index contributed by atoms with van der Waals surface area (Å²) in [7, 11) is 1.39. The number of carbonyl (C=O) groups is 1. The number of rotatable bonds is 7. The van der Waals surface area contributed by atoms with Crippen LogP contribution < -0.4 is 4.90 Å². The first-order valence-electron chi connectivity index (χ1n) is 6.95. The smallest absolute Gasteiger partial charge is 0.338 e. The summed E-state index contributed by atoms with van der Waals surface area (Å²) in [4.78, 5) is 18.2. The van der Waals surface area contributed by atoms with Crippen LogP contribution in [0.3, 0.4) is 0 Å². The van der Waals surface area contributed by atoms with E-state index < -0.39 is 0 Å². The number of hydrogen-bond acceptors (Lipinski definition) is 4. The van der Waals surface area contributed by atoms with Gasteiger partial charge in [0.1, 0.15) is 5.82 Å². The van der Waals surface area contributed by atoms with E-state index in [0.717, 1.165) is 31.6 Å². The van der Waals surface area contributed by atoms with Crippen LogP contribution in [0, 0.1) is 0 Å². The van der Waals surface area contributed by atoms with Crippen molar-refractivity contribution in [2.75, 3.05) is 18.6 Å². The zero-order valence-corrected chi connectivity index (χ0v) is 12.3. The van der Waals surface area contributed by atoms with E-state index in [9.17, 15) is 4.79 Å². The molecule has 4 nitrogen and oxygen atoms in total. The van der Waals surface area contributed by atoms with Crippen LogP contribution in [0.15, 0.2) is 18.3 Å². The van der Waals surface area contributed by atoms with Crippen LogP contribution in [0.2, 0.25) is 0 Å². The third kappa shape index (κ3) is 4.23. The molecule has 0 bridgehead atoms. The van der Waals surface area contributed by atoms with Gasteiger partial charge in [0.05, 0.1) is 12.7 Å². The Morgan fingerprint density at radius 1 is 1.47 bits per heavy atom. The highest BCUT2D eigenvalue weighted by Gasteiger charge is 2.15. The average molecular weight is 264 g/mol. The van der Waals surface area contributed by atoms with Gasteiger partial charge in [-0.2, -0.15) is 0 Å². The molecule has 1 aromatic rings. The molecule has 106 valence electrons. The first kappa shape index (κ1) is 15.5. The van der Waals surface area contributed by atoms with E-state index in [1.54, 1.807) is 12.3 Å². The zero-order valence-electron chi connectivity index (χ0n) is 12.3. The van der Waals surface area contributed by atoms with Crippen molar-refractivity contribution in [1.82, 2.24) is 4.98 Å². The molecule has 1 atom stereocenters. The number of anilines is 1. The van der Waals surface area contributed by atoms with Crippen LogP contribution in [0.4, 0.5) is 5.82 Å². The van der Waals surface area contributed by atoms with Gasteiger partial charge < -0.3 is 9.64 Å². The van der Waals surface area contributed by atoms with Crippen molar-refractivity contribution in [3.63, 3.8) is 0 Å². The van der Waals surface area contributed by atoms with E-state index in [1.807, 2.05) is 6.07 Å². The molecule has 0 aromatic carbocycles. The van der Waals surface area contributed by atoms with Gasteiger partial charge in [0, 0.05) is 18.8 Å². The number of pyridine rings is 1. The minimum atomic E-state index is -0.316. The molecule has 1 heterocycles. The fourth-order valence-electron chi connectivity index (χ4n) is 1.93. The zero-order chi connectivity index (χ0) is 14.3. The maximum atomic E-state index is 11.6. The third-order valence-corrected chi connectivity index (χ3v) is 3.34. The van der Waals surface area contributed by atoms with Gasteiger partial charge in [0.25, 0.3) is 0 Å². The SMILES string of the molecule is CCCCN(c1cc(C(=O)OC)ccn1)C(C)CC. The quantitative estimate of drug-likeness (QED) is 0.709. The molecule has 0 spiro atoms.